The van der Waals surface area contributed by atoms with Gasteiger partial charge in [0.1, 0.15) is 11.5 Å². The van der Waals surface area contributed by atoms with Crippen molar-refractivity contribution >= 4 is 5.91 Å². The van der Waals surface area contributed by atoms with Crippen LogP contribution in [0, 0.1) is 32.1 Å². The zero-order chi connectivity index (χ0) is 12.4. The lowest BCUT2D eigenvalue weighted by atomic mass is 10.2. The van der Waals surface area contributed by atoms with Gasteiger partial charge >= 0.3 is 0 Å². The number of amides is 1. The molecule has 0 radical (unpaired) electrons. The SMILES string of the molecule is C#CCN(CC1CC1)C(=O)c1cc(C)oc1C. The molecule has 0 spiro atoms. The molecule has 0 aromatic carbocycles. The van der Waals surface area contributed by atoms with Crippen molar-refractivity contribution in [3.8, 4) is 12.3 Å². The topological polar surface area (TPSA) is 33.5 Å². The van der Waals surface area contributed by atoms with Crippen molar-refractivity contribution in [2.75, 3.05) is 13.1 Å². The largest absolute Gasteiger partial charge is 0.466 e. The fourth-order valence-corrected chi connectivity index (χ4v) is 1.96. The van der Waals surface area contributed by atoms with Crippen LogP contribution in [-0.4, -0.2) is 23.9 Å². The lowest BCUT2D eigenvalue weighted by Crippen LogP contribution is -2.33. The maximum Gasteiger partial charge on any atom is 0.258 e. The summed E-state index contributed by atoms with van der Waals surface area (Å²) in [7, 11) is 0. The Morgan fingerprint density at radius 3 is 2.76 bits per heavy atom. The van der Waals surface area contributed by atoms with E-state index < -0.39 is 0 Å². The Hall–Kier alpha value is -1.69. The molecule has 0 aliphatic heterocycles. The highest BCUT2D eigenvalue weighted by Crippen LogP contribution is 2.30. The summed E-state index contributed by atoms with van der Waals surface area (Å²) in [5, 5.41) is 0. The van der Waals surface area contributed by atoms with Gasteiger partial charge in [0.2, 0.25) is 0 Å². The van der Waals surface area contributed by atoms with Crippen LogP contribution < -0.4 is 0 Å². The molecule has 3 nitrogen and oxygen atoms in total. The predicted octanol–water partition coefficient (Wildman–Crippen LogP) is 2.38. The van der Waals surface area contributed by atoms with E-state index >= 15 is 0 Å². The maximum absolute atomic E-state index is 12.3. The molecule has 0 saturated heterocycles. The molecule has 1 amide bonds. The molecule has 1 aromatic rings. The monoisotopic (exact) mass is 231 g/mol. The average molecular weight is 231 g/mol. The predicted molar refractivity (Wildman–Crippen MR) is 65.6 cm³/mol. The summed E-state index contributed by atoms with van der Waals surface area (Å²) in [6, 6.07) is 1.79. The van der Waals surface area contributed by atoms with Crippen LogP contribution in [0.3, 0.4) is 0 Å². The van der Waals surface area contributed by atoms with Crippen molar-refractivity contribution in [3.63, 3.8) is 0 Å². The van der Waals surface area contributed by atoms with Crippen LogP contribution in [0.5, 0.6) is 0 Å². The standard InChI is InChI=1S/C14H17NO2/c1-4-7-15(9-12-5-6-12)14(16)13-8-10(2)17-11(13)3/h1,8,12H,5-7,9H2,2-3H3. The lowest BCUT2D eigenvalue weighted by molar-refractivity contribution is 0.0768. The molecule has 1 heterocycles. The first kappa shape index (κ1) is 11.8. The highest BCUT2D eigenvalue weighted by atomic mass is 16.3. The first-order valence-electron chi connectivity index (χ1n) is 5.91. The van der Waals surface area contributed by atoms with E-state index in [1.54, 1.807) is 11.0 Å². The van der Waals surface area contributed by atoms with Gasteiger partial charge in [-0.15, -0.1) is 6.42 Å². The van der Waals surface area contributed by atoms with Gasteiger partial charge in [-0.1, -0.05) is 5.92 Å². The number of hydrogen-bond donors (Lipinski definition) is 0. The Morgan fingerprint density at radius 1 is 1.59 bits per heavy atom. The molecule has 0 N–H and O–H groups in total. The van der Waals surface area contributed by atoms with E-state index in [1.165, 1.54) is 12.8 Å². The normalized spacial score (nSPS) is 14.4. The molecule has 1 aromatic heterocycles. The fraction of sp³-hybridized carbons (Fsp3) is 0.500. The van der Waals surface area contributed by atoms with Crippen molar-refractivity contribution in [2.24, 2.45) is 5.92 Å². The molecule has 17 heavy (non-hydrogen) atoms. The Bertz CT molecular complexity index is 463. The summed E-state index contributed by atoms with van der Waals surface area (Å²) >= 11 is 0. The fourth-order valence-electron chi connectivity index (χ4n) is 1.96. The number of hydrogen-bond acceptors (Lipinski definition) is 2. The number of aryl methyl sites for hydroxylation is 2. The summed E-state index contributed by atoms with van der Waals surface area (Å²) in [4.78, 5) is 14.0. The van der Waals surface area contributed by atoms with Gasteiger partial charge in [-0.2, -0.15) is 0 Å². The molecule has 0 unspecified atom stereocenters. The van der Waals surface area contributed by atoms with E-state index in [0.717, 1.165) is 12.3 Å². The van der Waals surface area contributed by atoms with Gasteiger partial charge in [0.05, 0.1) is 12.1 Å². The van der Waals surface area contributed by atoms with Crippen molar-refractivity contribution < 1.29 is 9.21 Å². The summed E-state index contributed by atoms with van der Waals surface area (Å²) in [5.74, 6) is 4.62. The Morgan fingerprint density at radius 2 is 2.29 bits per heavy atom. The zero-order valence-electron chi connectivity index (χ0n) is 10.3. The number of nitrogens with zero attached hydrogens (tertiary/aromatic N) is 1. The minimum absolute atomic E-state index is 0.01000. The number of carbonyl (C=O) groups is 1. The van der Waals surface area contributed by atoms with E-state index in [0.29, 0.717) is 23.8 Å². The highest BCUT2D eigenvalue weighted by Gasteiger charge is 2.28. The summed E-state index contributed by atoms with van der Waals surface area (Å²) in [5.41, 5.74) is 0.637. The molecule has 1 saturated carbocycles. The molecular formula is C14H17NO2. The Kier molecular flexibility index (Phi) is 3.23. The third-order valence-corrected chi connectivity index (χ3v) is 3.02. The lowest BCUT2D eigenvalue weighted by Gasteiger charge is -2.19. The molecule has 1 aliphatic carbocycles. The smallest absolute Gasteiger partial charge is 0.258 e. The van der Waals surface area contributed by atoms with Gasteiger partial charge in [0, 0.05) is 6.54 Å². The van der Waals surface area contributed by atoms with Crippen molar-refractivity contribution in [1.82, 2.24) is 4.90 Å². The minimum atomic E-state index is -0.01000. The number of carbonyl (C=O) groups excluding carboxylic acids is 1. The maximum atomic E-state index is 12.3. The van der Waals surface area contributed by atoms with E-state index in [-0.39, 0.29) is 5.91 Å². The van der Waals surface area contributed by atoms with E-state index in [4.69, 9.17) is 10.8 Å². The van der Waals surface area contributed by atoms with Crippen LogP contribution in [0.1, 0.15) is 34.7 Å². The van der Waals surface area contributed by atoms with Crippen LogP contribution >= 0.6 is 0 Å². The third kappa shape index (κ3) is 2.71. The third-order valence-electron chi connectivity index (χ3n) is 3.02. The van der Waals surface area contributed by atoms with E-state index in [9.17, 15) is 4.79 Å². The molecule has 1 fully saturated rings. The summed E-state index contributed by atoms with van der Waals surface area (Å²) in [6.45, 7) is 4.80. The molecule has 3 heteroatoms. The van der Waals surface area contributed by atoms with Crippen LogP contribution in [-0.2, 0) is 0 Å². The molecular weight excluding hydrogens is 214 g/mol. The Balaban J connectivity index is 2.14. The summed E-state index contributed by atoms with van der Waals surface area (Å²) in [6.07, 6.45) is 7.73. The van der Waals surface area contributed by atoms with Crippen molar-refractivity contribution in [2.45, 2.75) is 26.7 Å². The van der Waals surface area contributed by atoms with Gasteiger partial charge in [-0.3, -0.25) is 4.79 Å². The number of furan rings is 1. The quantitative estimate of drug-likeness (QED) is 0.745. The Labute approximate surface area is 102 Å². The van der Waals surface area contributed by atoms with Gasteiger partial charge in [0.25, 0.3) is 5.91 Å². The molecule has 2 rings (SSSR count). The van der Waals surface area contributed by atoms with Crippen molar-refractivity contribution in [1.29, 1.82) is 0 Å². The molecule has 90 valence electrons. The number of rotatable bonds is 4. The van der Waals surface area contributed by atoms with Crippen LogP contribution in [0.4, 0.5) is 0 Å². The first-order chi connectivity index (χ1) is 8.11. The van der Waals surface area contributed by atoms with Gasteiger partial charge < -0.3 is 9.32 Å². The van der Waals surface area contributed by atoms with Crippen LogP contribution in [0.15, 0.2) is 10.5 Å². The highest BCUT2D eigenvalue weighted by molar-refractivity contribution is 5.95. The zero-order valence-corrected chi connectivity index (χ0v) is 10.3. The van der Waals surface area contributed by atoms with E-state index in [1.807, 2.05) is 13.8 Å². The second-order valence-corrected chi connectivity index (χ2v) is 4.66. The van der Waals surface area contributed by atoms with Crippen molar-refractivity contribution in [3.05, 3.63) is 23.2 Å². The first-order valence-corrected chi connectivity index (χ1v) is 5.91. The second-order valence-electron chi connectivity index (χ2n) is 4.66. The second kappa shape index (κ2) is 4.67. The van der Waals surface area contributed by atoms with Crippen LogP contribution in [0.25, 0.3) is 0 Å². The van der Waals surface area contributed by atoms with Gasteiger partial charge in [0.15, 0.2) is 0 Å². The molecule has 0 bridgehead atoms. The molecule has 1 aliphatic rings. The minimum Gasteiger partial charge on any atom is -0.466 e. The van der Waals surface area contributed by atoms with E-state index in [2.05, 4.69) is 5.92 Å². The number of terminal acetylenes is 1. The van der Waals surface area contributed by atoms with Crippen LogP contribution in [0.2, 0.25) is 0 Å². The molecule has 0 atom stereocenters. The summed E-state index contributed by atoms with van der Waals surface area (Å²) < 4.78 is 5.39. The average Bonchev–Trinajstić information content (AvgIpc) is 3.02. The van der Waals surface area contributed by atoms with Gasteiger partial charge in [-0.05, 0) is 38.7 Å². The van der Waals surface area contributed by atoms with Gasteiger partial charge in [-0.25, -0.2) is 0 Å².